The monoisotopic (exact) mass is 224 g/mol. The molecular formula is C14H28Si. The van der Waals surface area contributed by atoms with Gasteiger partial charge in [-0.15, -0.1) is 0 Å². The summed E-state index contributed by atoms with van der Waals surface area (Å²) in [7, 11) is -1.43. The molecule has 0 bridgehead atoms. The highest BCUT2D eigenvalue weighted by atomic mass is 28.3. The Balaban J connectivity index is 5.71. The second-order valence-corrected chi connectivity index (χ2v) is 10.7. The number of hydrogen-bond acceptors (Lipinski definition) is 0. The molecule has 15 heavy (non-hydrogen) atoms. The van der Waals surface area contributed by atoms with Crippen LogP contribution in [0.25, 0.3) is 0 Å². The van der Waals surface area contributed by atoms with E-state index in [1.54, 1.807) is 10.4 Å². The van der Waals surface area contributed by atoms with Crippen LogP contribution >= 0.6 is 0 Å². The highest BCUT2D eigenvalue weighted by Crippen LogP contribution is 2.43. The summed E-state index contributed by atoms with van der Waals surface area (Å²) in [6.07, 6.45) is 4.67. The third-order valence-electron chi connectivity index (χ3n) is 3.99. The molecule has 0 saturated carbocycles. The molecule has 0 aromatic heterocycles. The van der Waals surface area contributed by atoms with Crippen LogP contribution in [-0.2, 0) is 0 Å². The predicted octanol–water partition coefficient (Wildman–Crippen LogP) is 5.27. The van der Waals surface area contributed by atoms with E-state index >= 15 is 0 Å². The molecule has 88 valence electrons. The van der Waals surface area contributed by atoms with E-state index in [9.17, 15) is 0 Å². The number of rotatable bonds is 4. The topological polar surface area (TPSA) is 0 Å². The third-order valence-corrected chi connectivity index (χ3v) is 10.8. The van der Waals surface area contributed by atoms with Gasteiger partial charge in [-0.3, -0.25) is 0 Å². The first-order valence-electron chi connectivity index (χ1n) is 6.12. The van der Waals surface area contributed by atoms with Crippen molar-refractivity contribution in [2.45, 2.75) is 66.5 Å². The van der Waals surface area contributed by atoms with Gasteiger partial charge < -0.3 is 0 Å². The molecule has 0 unspecified atom stereocenters. The highest BCUT2D eigenvalue weighted by molar-refractivity contribution is 6.94. The maximum Gasteiger partial charge on any atom is 0.112 e. The summed E-state index contributed by atoms with van der Waals surface area (Å²) < 4.78 is 0. The van der Waals surface area contributed by atoms with E-state index in [2.05, 4.69) is 67.5 Å². The number of hydrogen-bond donors (Lipinski definition) is 0. The van der Waals surface area contributed by atoms with E-state index < -0.39 is 8.07 Å². The van der Waals surface area contributed by atoms with Crippen molar-refractivity contribution < 1.29 is 0 Å². The van der Waals surface area contributed by atoms with Gasteiger partial charge in [0.1, 0.15) is 8.07 Å². The Morgan fingerprint density at radius 1 is 0.800 bits per heavy atom. The SMILES string of the molecule is CC=C(C)[Si](C(C)=CC)(C(C)C)C(C)C. The van der Waals surface area contributed by atoms with Crippen molar-refractivity contribution >= 4 is 8.07 Å². The Kier molecular flexibility index (Phi) is 5.58. The summed E-state index contributed by atoms with van der Waals surface area (Å²) in [6.45, 7) is 18.6. The molecule has 0 nitrogen and oxygen atoms in total. The molecule has 0 rings (SSSR count). The van der Waals surface area contributed by atoms with Crippen molar-refractivity contribution in [3.05, 3.63) is 22.5 Å². The van der Waals surface area contributed by atoms with E-state index in [4.69, 9.17) is 0 Å². The van der Waals surface area contributed by atoms with Gasteiger partial charge in [0.05, 0.1) is 0 Å². The van der Waals surface area contributed by atoms with Crippen LogP contribution in [0.15, 0.2) is 22.5 Å². The van der Waals surface area contributed by atoms with Gasteiger partial charge in [-0.25, -0.2) is 0 Å². The summed E-state index contributed by atoms with van der Waals surface area (Å²) in [5.74, 6) is 0. The standard InChI is InChI=1S/C14H28Si/c1-9-13(7)15(11(3)4,12(5)6)14(8)10-2/h9-12H,1-8H3. The molecule has 0 N–H and O–H groups in total. The Bertz CT molecular complexity index is 229. The van der Waals surface area contributed by atoms with E-state index in [0.29, 0.717) is 0 Å². The van der Waals surface area contributed by atoms with E-state index in [0.717, 1.165) is 11.1 Å². The zero-order chi connectivity index (χ0) is 12.2. The van der Waals surface area contributed by atoms with Gasteiger partial charge in [-0.05, 0) is 38.8 Å². The molecule has 0 aromatic rings. The maximum absolute atomic E-state index is 2.40. The molecule has 0 atom stereocenters. The lowest BCUT2D eigenvalue weighted by Crippen LogP contribution is -2.44. The van der Waals surface area contributed by atoms with Crippen molar-refractivity contribution in [3.63, 3.8) is 0 Å². The first-order chi connectivity index (χ1) is 6.85. The third kappa shape index (κ3) is 2.44. The lowest BCUT2D eigenvalue weighted by atomic mass is 10.5. The predicted molar refractivity (Wildman–Crippen MR) is 74.8 cm³/mol. The van der Waals surface area contributed by atoms with Crippen LogP contribution in [0.5, 0.6) is 0 Å². The van der Waals surface area contributed by atoms with Crippen molar-refractivity contribution in [1.82, 2.24) is 0 Å². The number of allylic oxidation sites excluding steroid dienone is 4. The van der Waals surface area contributed by atoms with Crippen LogP contribution in [0, 0.1) is 0 Å². The van der Waals surface area contributed by atoms with E-state index in [1.807, 2.05) is 0 Å². The Morgan fingerprint density at radius 2 is 1.07 bits per heavy atom. The minimum atomic E-state index is -1.43. The summed E-state index contributed by atoms with van der Waals surface area (Å²) >= 11 is 0. The van der Waals surface area contributed by atoms with Gasteiger partial charge in [0.15, 0.2) is 0 Å². The Morgan fingerprint density at radius 3 is 1.20 bits per heavy atom. The molecule has 0 fully saturated rings. The quantitative estimate of drug-likeness (QED) is 0.571. The van der Waals surface area contributed by atoms with Crippen molar-refractivity contribution in [1.29, 1.82) is 0 Å². The molecule has 1 heteroatoms. The molecule has 0 aliphatic rings. The van der Waals surface area contributed by atoms with Crippen LogP contribution in [0.4, 0.5) is 0 Å². The van der Waals surface area contributed by atoms with Gasteiger partial charge in [-0.2, -0.15) is 0 Å². The minimum Gasteiger partial charge on any atom is -0.0922 e. The lowest BCUT2D eigenvalue weighted by Gasteiger charge is -2.41. The van der Waals surface area contributed by atoms with E-state index in [1.165, 1.54) is 0 Å². The van der Waals surface area contributed by atoms with Crippen LogP contribution in [0.1, 0.15) is 55.4 Å². The summed E-state index contributed by atoms with van der Waals surface area (Å²) in [4.78, 5) is 0. The van der Waals surface area contributed by atoms with Crippen molar-refractivity contribution in [2.24, 2.45) is 0 Å². The van der Waals surface area contributed by atoms with Crippen LogP contribution in [0.3, 0.4) is 0 Å². The molecule has 0 aromatic carbocycles. The van der Waals surface area contributed by atoms with Crippen LogP contribution in [0.2, 0.25) is 11.1 Å². The average Bonchev–Trinajstić information content (AvgIpc) is 2.16. The Labute approximate surface area is 97.5 Å². The average molecular weight is 224 g/mol. The fraction of sp³-hybridized carbons (Fsp3) is 0.714. The molecule has 0 amide bonds. The second-order valence-electron chi connectivity index (χ2n) is 5.12. The molecular weight excluding hydrogens is 196 g/mol. The minimum absolute atomic E-state index is 0.782. The zero-order valence-electron chi connectivity index (χ0n) is 11.8. The first kappa shape index (κ1) is 14.7. The molecule has 0 spiro atoms. The molecule has 0 aliphatic heterocycles. The Hall–Kier alpha value is -0.303. The fourth-order valence-electron chi connectivity index (χ4n) is 3.28. The maximum atomic E-state index is 2.40. The first-order valence-corrected chi connectivity index (χ1v) is 8.27. The van der Waals surface area contributed by atoms with E-state index in [-0.39, 0.29) is 0 Å². The lowest BCUT2D eigenvalue weighted by molar-refractivity contribution is 0.904. The van der Waals surface area contributed by atoms with Gasteiger partial charge in [0.25, 0.3) is 0 Å². The summed E-state index contributed by atoms with van der Waals surface area (Å²) in [5, 5.41) is 3.28. The molecule has 0 heterocycles. The van der Waals surface area contributed by atoms with Gasteiger partial charge in [-0.1, -0.05) is 50.2 Å². The van der Waals surface area contributed by atoms with Crippen molar-refractivity contribution in [2.75, 3.05) is 0 Å². The van der Waals surface area contributed by atoms with Crippen molar-refractivity contribution in [3.8, 4) is 0 Å². The van der Waals surface area contributed by atoms with Gasteiger partial charge in [0.2, 0.25) is 0 Å². The molecule has 0 radical (unpaired) electrons. The smallest absolute Gasteiger partial charge is 0.0922 e. The molecule has 0 aliphatic carbocycles. The summed E-state index contributed by atoms with van der Waals surface area (Å²) in [6, 6.07) is 0. The van der Waals surface area contributed by atoms with Crippen LogP contribution < -0.4 is 0 Å². The van der Waals surface area contributed by atoms with Gasteiger partial charge >= 0.3 is 0 Å². The fourth-order valence-corrected chi connectivity index (χ4v) is 9.83. The normalized spacial score (nSPS) is 15.3. The highest BCUT2D eigenvalue weighted by Gasteiger charge is 2.42. The van der Waals surface area contributed by atoms with Crippen LogP contribution in [-0.4, -0.2) is 8.07 Å². The zero-order valence-corrected chi connectivity index (χ0v) is 12.8. The largest absolute Gasteiger partial charge is 0.112 e. The van der Waals surface area contributed by atoms with Gasteiger partial charge in [0, 0.05) is 0 Å². The summed E-state index contributed by atoms with van der Waals surface area (Å²) in [5.41, 5.74) is 1.56. The molecule has 0 saturated heterocycles. The second kappa shape index (κ2) is 5.69.